The largest absolute Gasteiger partial charge is 0.159 e. The van der Waals surface area contributed by atoms with Crippen LogP contribution in [-0.4, -0.2) is 10.2 Å². The first-order chi connectivity index (χ1) is 5.97. The number of rotatable bonds is 1. The Morgan fingerprint density at radius 1 is 1.08 bits per heavy atom. The second-order valence-corrected chi connectivity index (χ2v) is 2.42. The Labute approximate surface area is 70.9 Å². The first-order valence-corrected chi connectivity index (χ1v) is 3.70. The predicted molar refractivity (Wildman–Crippen MR) is 46.3 cm³/mol. The van der Waals surface area contributed by atoms with Crippen molar-refractivity contribution in [2.75, 3.05) is 0 Å². The highest BCUT2D eigenvalue weighted by molar-refractivity contribution is 5.61. The lowest BCUT2D eigenvalue weighted by Crippen LogP contribution is -1.80. The van der Waals surface area contributed by atoms with Crippen molar-refractivity contribution in [1.29, 1.82) is 0 Å². The number of hydrogen-bond donors (Lipinski definition) is 0. The van der Waals surface area contributed by atoms with E-state index in [2.05, 4.69) is 16.3 Å². The van der Waals surface area contributed by atoms with Crippen molar-refractivity contribution in [2.24, 2.45) is 0 Å². The average molecular weight is 155 g/mol. The molecule has 12 heavy (non-hydrogen) atoms. The summed E-state index contributed by atoms with van der Waals surface area (Å²) >= 11 is 0. The summed E-state index contributed by atoms with van der Waals surface area (Å²) in [5.41, 5.74) is 2.19. The molecule has 1 radical (unpaired) electrons. The zero-order valence-electron chi connectivity index (χ0n) is 6.44. The van der Waals surface area contributed by atoms with Gasteiger partial charge in [0, 0.05) is 5.56 Å². The van der Waals surface area contributed by atoms with Crippen LogP contribution in [0.2, 0.25) is 0 Å². The van der Waals surface area contributed by atoms with E-state index < -0.39 is 0 Å². The fourth-order valence-electron chi connectivity index (χ4n) is 1.03. The summed E-state index contributed by atoms with van der Waals surface area (Å²) in [7, 11) is 0. The molecule has 1 heterocycles. The first-order valence-electron chi connectivity index (χ1n) is 3.70. The fourth-order valence-corrected chi connectivity index (χ4v) is 1.03. The van der Waals surface area contributed by atoms with E-state index in [0.29, 0.717) is 0 Å². The van der Waals surface area contributed by atoms with Gasteiger partial charge in [-0.3, -0.25) is 0 Å². The molecule has 0 spiro atoms. The molecule has 0 saturated carbocycles. The van der Waals surface area contributed by atoms with Crippen LogP contribution in [0.3, 0.4) is 0 Å². The third kappa shape index (κ3) is 1.32. The van der Waals surface area contributed by atoms with E-state index >= 15 is 0 Å². The lowest BCUT2D eigenvalue weighted by atomic mass is 10.1. The second kappa shape index (κ2) is 3.13. The second-order valence-electron chi connectivity index (χ2n) is 2.42. The minimum absolute atomic E-state index is 1.07. The van der Waals surface area contributed by atoms with Gasteiger partial charge in [0.2, 0.25) is 0 Å². The number of benzene rings is 1. The summed E-state index contributed by atoms with van der Waals surface area (Å²) in [6.45, 7) is 0. The van der Waals surface area contributed by atoms with Crippen molar-refractivity contribution in [3.8, 4) is 11.1 Å². The summed E-state index contributed by atoms with van der Waals surface area (Å²) in [5.74, 6) is 0. The molecular formula is C10H7N2. The maximum Gasteiger partial charge on any atom is 0.0574 e. The molecule has 0 aliphatic heterocycles. The predicted octanol–water partition coefficient (Wildman–Crippen LogP) is 1.94. The van der Waals surface area contributed by atoms with E-state index in [1.807, 2.05) is 30.3 Å². The van der Waals surface area contributed by atoms with Crippen LogP contribution < -0.4 is 0 Å². The average Bonchev–Trinajstić information content (AvgIpc) is 2.21. The molecule has 2 aromatic rings. The molecule has 0 bridgehead atoms. The van der Waals surface area contributed by atoms with Gasteiger partial charge >= 0.3 is 0 Å². The van der Waals surface area contributed by atoms with Gasteiger partial charge in [-0.15, -0.1) is 0 Å². The fraction of sp³-hybridized carbons (Fsp3) is 0. The standard InChI is InChI=1S/C10H7N2/c1-2-4-9(5-3-1)10-6-7-11-12-8-10/h1-2,4-8H. The Bertz CT molecular complexity index is 305. The molecule has 0 aliphatic rings. The van der Waals surface area contributed by atoms with E-state index in [0.717, 1.165) is 11.1 Å². The van der Waals surface area contributed by atoms with Crippen molar-refractivity contribution < 1.29 is 0 Å². The topological polar surface area (TPSA) is 25.8 Å². The van der Waals surface area contributed by atoms with Gasteiger partial charge in [0.1, 0.15) is 0 Å². The van der Waals surface area contributed by atoms with Gasteiger partial charge < -0.3 is 0 Å². The van der Waals surface area contributed by atoms with E-state index in [4.69, 9.17) is 0 Å². The molecule has 0 saturated heterocycles. The van der Waals surface area contributed by atoms with Crippen molar-refractivity contribution in [3.63, 3.8) is 0 Å². The molecule has 0 atom stereocenters. The summed E-state index contributed by atoms with van der Waals surface area (Å²) < 4.78 is 0. The Morgan fingerprint density at radius 2 is 2.08 bits per heavy atom. The molecule has 57 valence electrons. The summed E-state index contributed by atoms with van der Waals surface area (Å²) in [6.07, 6.45) is 3.42. The Kier molecular flexibility index (Phi) is 1.82. The van der Waals surface area contributed by atoms with Gasteiger partial charge in [-0.25, -0.2) is 0 Å². The number of nitrogens with zero attached hydrogens (tertiary/aromatic N) is 2. The molecule has 1 aromatic heterocycles. The monoisotopic (exact) mass is 155 g/mol. The molecule has 2 heteroatoms. The molecule has 0 aliphatic carbocycles. The van der Waals surface area contributed by atoms with Crippen LogP contribution in [-0.2, 0) is 0 Å². The summed E-state index contributed by atoms with van der Waals surface area (Å²) in [4.78, 5) is 0. The van der Waals surface area contributed by atoms with E-state index in [1.54, 1.807) is 12.4 Å². The molecule has 0 fully saturated rings. The minimum atomic E-state index is 1.07. The Hall–Kier alpha value is -1.70. The normalized spacial score (nSPS) is 9.67. The van der Waals surface area contributed by atoms with Crippen LogP contribution in [0.1, 0.15) is 0 Å². The maximum atomic E-state index is 3.80. The Morgan fingerprint density at radius 3 is 2.75 bits per heavy atom. The van der Waals surface area contributed by atoms with Gasteiger partial charge in [0.05, 0.1) is 12.4 Å². The SMILES string of the molecule is [c]1cccc(-c2ccnnc2)c1. The van der Waals surface area contributed by atoms with Gasteiger partial charge in [0.15, 0.2) is 0 Å². The highest BCUT2D eigenvalue weighted by Gasteiger charge is 1.93. The molecular weight excluding hydrogens is 148 g/mol. The van der Waals surface area contributed by atoms with Crippen LogP contribution in [0.15, 0.2) is 42.7 Å². The van der Waals surface area contributed by atoms with E-state index in [-0.39, 0.29) is 0 Å². The zero-order chi connectivity index (χ0) is 8.23. The summed E-state index contributed by atoms with van der Waals surface area (Å²) in [6, 6.07) is 12.7. The van der Waals surface area contributed by atoms with Crippen molar-refractivity contribution in [3.05, 3.63) is 48.8 Å². The van der Waals surface area contributed by atoms with Crippen LogP contribution in [0.25, 0.3) is 11.1 Å². The highest BCUT2D eigenvalue weighted by Crippen LogP contribution is 2.15. The van der Waals surface area contributed by atoms with Crippen molar-refractivity contribution >= 4 is 0 Å². The molecule has 2 rings (SSSR count). The molecule has 0 amide bonds. The zero-order valence-corrected chi connectivity index (χ0v) is 6.44. The minimum Gasteiger partial charge on any atom is -0.159 e. The number of aromatic nitrogens is 2. The highest BCUT2D eigenvalue weighted by atomic mass is 15.1. The van der Waals surface area contributed by atoms with Crippen molar-refractivity contribution in [2.45, 2.75) is 0 Å². The maximum absolute atomic E-state index is 3.80. The smallest absolute Gasteiger partial charge is 0.0574 e. The lowest BCUT2D eigenvalue weighted by molar-refractivity contribution is 1.03. The first kappa shape index (κ1) is 6.98. The van der Waals surface area contributed by atoms with Crippen LogP contribution in [0.5, 0.6) is 0 Å². The third-order valence-corrected chi connectivity index (χ3v) is 1.62. The quantitative estimate of drug-likeness (QED) is 0.629. The van der Waals surface area contributed by atoms with Crippen molar-refractivity contribution in [1.82, 2.24) is 10.2 Å². The van der Waals surface area contributed by atoms with Gasteiger partial charge in [-0.1, -0.05) is 18.2 Å². The van der Waals surface area contributed by atoms with Crippen LogP contribution in [0.4, 0.5) is 0 Å². The van der Waals surface area contributed by atoms with Crippen LogP contribution >= 0.6 is 0 Å². The Balaban J connectivity index is 2.46. The van der Waals surface area contributed by atoms with Crippen LogP contribution in [0, 0.1) is 6.07 Å². The molecule has 2 nitrogen and oxygen atoms in total. The molecule has 0 unspecified atom stereocenters. The van der Waals surface area contributed by atoms with E-state index in [1.165, 1.54) is 0 Å². The van der Waals surface area contributed by atoms with Gasteiger partial charge in [-0.05, 0) is 23.8 Å². The molecule has 1 aromatic carbocycles. The third-order valence-electron chi connectivity index (χ3n) is 1.62. The lowest BCUT2D eigenvalue weighted by Gasteiger charge is -1.96. The van der Waals surface area contributed by atoms with Gasteiger partial charge in [-0.2, -0.15) is 10.2 Å². The van der Waals surface area contributed by atoms with E-state index in [9.17, 15) is 0 Å². The number of hydrogen-bond acceptors (Lipinski definition) is 2. The van der Waals surface area contributed by atoms with Gasteiger partial charge in [0.25, 0.3) is 0 Å². The summed E-state index contributed by atoms with van der Waals surface area (Å²) in [5, 5.41) is 7.51. The molecule has 0 N–H and O–H groups in total.